The molecule has 3 aromatic rings. The number of carbonyl (C=O) groups excluding carboxylic acids is 2. The average molecular weight is 451 g/mol. The number of amides is 2. The lowest BCUT2D eigenvalue weighted by Crippen LogP contribution is -2.47. The zero-order valence-electron chi connectivity index (χ0n) is 17.1. The van der Waals surface area contributed by atoms with Gasteiger partial charge in [0.25, 0.3) is 0 Å². The summed E-state index contributed by atoms with van der Waals surface area (Å²) in [6, 6.07) is 25.1. The number of nitrogens with one attached hydrogen (secondary N) is 1. The van der Waals surface area contributed by atoms with Crippen LogP contribution in [0.2, 0.25) is 5.02 Å². The first-order valence-electron chi connectivity index (χ1n) is 10.2. The molecule has 0 aromatic heterocycles. The van der Waals surface area contributed by atoms with Gasteiger partial charge < -0.3 is 10.2 Å². The van der Waals surface area contributed by atoms with Crippen LogP contribution in [0.4, 0.5) is 5.69 Å². The van der Waals surface area contributed by atoms with Gasteiger partial charge in [0.2, 0.25) is 11.8 Å². The van der Waals surface area contributed by atoms with E-state index in [0.29, 0.717) is 18.1 Å². The number of fused-ring (bicyclic) bond motifs is 1. The van der Waals surface area contributed by atoms with Crippen molar-refractivity contribution in [2.75, 3.05) is 4.90 Å². The highest BCUT2D eigenvalue weighted by Gasteiger charge is 2.39. The number of anilines is 1. The normalized spacial score (nSPS) is 16.5. The van der Waals surface area contributed by atoms with Crippen LogP contribution >= 0.6 is 23.4 Å². The molecule has 0 saturated heterocycles. The molecular formula is C25H23ClN2O2S. The SMILES string of the molecule is C[C@@H](C(=O)NCc1ccccc1)[C@@H]1Sc2ccccc2N(Cc2cccc(Cl)c2)C1=O. The second-order valence-electron chi connectivity index (χ2n) is 7.55. The molecule has 4 rings (SSSR count). The minimum Gasteiger partial charge on any atom is -0.352 e. The minimum atomic E-state index is -0.496. The maximum atomic E-state index is 13.5. The van der Waals surface area contributed by atoms with Crippen LogP contribution in [0.1, 0.15) is 18.1 Å². The summed E-state index contributed by atoms with van der Waals surface area (Å²) in [5.41, 5.74) is 2.84. The summed E-state index contributed by atoms with van der Waals surface area (Å²) < 4.78 is 0. The number of para-hydroxylation sites is 1. The molecule has 2 amide bonds. The van der Waals surface area contributed by atoms with E-state index in [-0.39, 0.29) is 11.8 Å². The predicted octanol–water partition coefficient (Wildman–Crippen LogP) is 5.30. The van der Waals surface area contributed by atoms with E-state index in [1.807, 2.05) is 85.8 Å². The Hall–Kier alpha value is -2.76. The number of hydrogen-bond acceptors (Lipinski definition) is 3. The summed E-state index contributed by atoms with van der Waals surface area (Å²) in [4.78, 5) is 29.1. The first kappa shape index (κ1) is 21.5. The highest BCUT2D eigenvalue weighted by atomic mass is 35.5. The molecule has 1 N–H and O–H groups in total. The number of hydrogen-bond donors (Lipinski definition) is 1. The van der Waals surface area contributed by atoms with E-state index in [4.69, 9.17) is 11.6 Å². The Bertz CT molecular complexity index is 1090. The summed E-state index contributed by atoms with van der Waals surface area (Å²) in [5, 5.41) is 3.11. The molecule has 0 spiro atoms. The van der Waals surface area contributed by atoms with Gasteiger partial charge in [-0.05, 0) is 35.4 Å². The summed E-state index contributed by atoms with van der Waals surface area (Å²) in [5.74, 6) is -0.667. The smallest absolute Gasteiger partial charge is 0.241 e. The Balaban J connectivity index is 1.54. The van der Waals surface area contributed by atoms with Gasteiger partial charge in [-0.15, -0.1) is 11.8 Å². The molecule has 31 heavy (non-hydrogen) atoms. The summed E-state index contributed by atoms with van der Waals surface area (Å²) >= 11 is 7.61. The van der Waals surface area contributed by atoms with Crippen molar-refractivity contribution in [2.24, 2.45) is 5.92 Å². The van der Waals surface area contributed by atoms with E-state index >= 15 is 0 Å². The molecule has 0 saturated carbocycles. The lowest BCUT2D eigenvalue weighted by Gasteiger charge is -2.35. The second-order valence-corrected chi connectivity index (χ2v) is 9.17. The fourth-order valence-corrected chi connectivity index (χ4v) is 5.12. The van der Waals surface area contributed by atoms with Crippen molar-refractivity contribution in [1.82, 2.24) is 5.32 Å². The van der Waals surface area contributed by atoms with E-state index in [2.05, 4.69) is 5.32 Å². The summed E-state index contributed by atoms with van der Waals surface area (Å²) in [6.07, 6.45) is 0. The fraction of sp³-hybridized carbons (Fsp3) is 0.200. The first-order chi connectivity index (χ1) is 15.0. The van der Waals surface area contributed by atoms with Crippen molar-refractivity contribution in [3.05, 3.63) is 95.0 Å². The van der Waals surface area contributed by atoms with Crippen LogP contribution in [0.25, 0.3) is 0 Å². The van der Waals surface area contributed by atoms with Crippen molar-refractivity contribution < 1.29 is 9.59 Å². The van der Waals surface area contributed by atoms with Crippen LogP contribution < -0.4 is 10.2 Å². The van der Waals surface area contributed by atoms with Crippen LogP contribution in [-0.2, 0) is 22.7 Å². The molecular weight excluding hydrogens is 428 g/mol. The molecule has 1 heterocycles. The molecule has 0 aliphatic carbocycles. The Labute approximate surface area is 191 Å². The number of halogens is 1. The monoisotopic (exact) mass is 450 g/mol. The molecule has 0 bridgehead atoms. The zero-order chi connectivity index (χ0) is 21.8. The molecule has 4 nitrogen and oxygen atoms in total. The van der Waals surface area contributed by atoms with Crippen LogP contribution in [0.3, 0.4) is 0 Å². The molecule has 6 heteroatoms. The van der Waals surface area contributed by atoms with Gasteiger partial charge in [-0.3, -0.25) is 9.59 Å². The Kier molecular flexibility index (Phi) is 6.64. The fourth-order valence-electron chi connectivity index (χ4n) is 3.62. The van der Waals surface area contributed by atoms with Gasteiger partial charge in [0.1, 0.15) is 5.25 Å². The Morgan fingerprint density at radius 3 is 2.52 bits per heavy atom. The van der Waals surface area contributed by atoms with Crippen LogP contribution in [0, 0.1) is 5.92 Å². The van der Waals surface area contributed by atoms with Gasteiger partial charge in [0, 0.05) is 16.5 Å². The van der Waals surface area contributed by atoms with E-state index < -0.39 is 11.2 Å². The minimum absolute atomic E-state index is 0.0639. The zero-order valence-corrected chi connectivity index (χ0v) is 18.7. The van der Waals surface area contributed by atoms with E-state index in [0.717, 1.165) is 21.7 Å². The third-order valence-electron chi connectivity index (χ3n) is 5.33. The number of benzene rings is 3. The van der Waals surface area contributed by atoms with Gasteiger partial charge in [0.15, 0.2) is 0 Å². The van der Waals surface area contributed by atoms with Crippen molar-refractivity contribution in [1.29, 1.82) is 0 Å². The molecule has 1 aliphatic heterocycles. The van der Waals surface area contributed by atoms with Crippen LogP contribution in [0.15, 0.2) is 83.8 Å². The van der Waals surface area contributed by atoms with Gasteiger partial charge in [-0.25, -0.2) is 0 Å². The number of carbonyl (C=O) groups is 2. The number of thioether (sulfide) groups is 1. The topological polar surface area (TPSA) is 49.4 Å². The summed E-state index contributed by atoms with van der Waals surface area (Å²) in [6.45, 7) is 2.67. The average Bonchev–Trinajstić information content (AvgIpc) is 2.79. The lowest BCUT2D eigenvalue weighted by atomic mass is 10.0. The van der Waals surface area contributed by atoms with Crippen molar-refractivity contribution in [2.45, 2.75) is 30.2 Å². The first-order valence-corrected chi connectivity index (χ1v) is 11.4. The molecule has 2 atom stereocenters. The van der Waals surface area contributed by atoms with Gasteiger partial charge in [-0.2, -0.15) is 0 Å². The van der Waals surface area contributed by atoms with Gasteiger partial charge >= 0.3 is 0 Å². The number of rotatable bonds is 6. The highest BCUT2D eigenvalue weighted by molar-refractivity contribution is 8.01. The Morgan fingerprint density at radius 2 is 1.74 bits per heavy atom. The Morgan fingerprint density at radius 1 is 1.03 bits per heavy atom. The summed E-state index contributed by atoms with van der Waals surface area (Å²) in [7, 11) is 0. The van der Waals surface area contributed by atoms with Gasteiger partial charge in [0.05, 0.1) is 18.2 Å². The van der Waals surface area contributed by atoms with E-state index in [1.54, 1.807) is 4.90 Å². The molecule has 158 valence electrons. The van der Waals surface area contributed by atoms with Crippen LogP contribution in [0.5, 0.6) is 0 Å². The standard InChI is InChI=1S/C25H23ClN2O2S/c1-17(24(29)27-15-18-8-3-2-4-9-18)23-25(30)28(16-19-10-7-11-20(26)14-19)21-12-5-6-13-22(21)31-23/h2-14,17,23H,15-16H2,1H3,(H,27,29)/t17-,23+/m1/s1. The molecule has 0 unspecified atom stereocenters. The third-order valence-corrected chi connectivity index (χ3v) is 7.02. The van der Waals surface area contributed by atoms with E-state index in [1.165, 1.54) is 11.8 Å². The highest BCUT2D eigenvalue weighted by Crippen LogP contribution is 2.42. The molecule has 0 fully saturated rings. The quantitative estimate of drug-likeness (QED) is 0.554. The molecule has 3 aromatic carbocycles. The van der Waals surface area contributed by atoms with Crippen molar-refractivity contribution in [3.8, 4) is 0 Å². The van der Waals surface area contributed by atoms with Crippen molar-refractivity contribution in [3.63, 3.8) is 0 Å². The largest absolute Gasteiger partial charge is 0.352 e. The maximum Gasteiger partial charge on any atom is 0.241 e. The maximum absolute atomic E-state index is 13.5. The lowest BCUT2D eigenvalue weighted by molar-refractivity contribution is -0.128. The van der Waals surface area contributed by atoms with Crippen LogP contribution in [-0.4, -0.2) is 17.1 Å². The number of nitrogens with zero attached hydrogens (tertiary/aromatic N) is 1. The van der Waals surface area contributed by atoms with Crippen molar-refractivity contribution >= 4 is 40.9 Å². The second kappa shape index (κ2) is 9.58. The van der Waals surface area contributed by atoms with Gasteiger partial charge in [-0.1, -0.05) is 73.1 Å². The molecule has 1 aliphatic rings. The van der Waals surface area contributed by atoms with E-state index in [9.17, 15) is 9.59 Å². The molecule has 0 radical (unpaired) electrons. The predicted molar refractivity (Wildman–Crippen MR) is 126 cm³/mol. The third kappa shape index (κ3) is 4.94.